The summed E-state index contributed by atoms with van der Waals surface area (Å²) in [5, 5.41) is 9.24. The summed E-state index contributed by atoms with van der Waals surface area (Å²) in [6, 6.07) is 16.7. The number of nitrogens with zero attached hydrogens (tertiary/aromatic N) is 4. The van der Waals surface area contributed by atoms with E-state index in [2.05, 4.69) is 44.2 Å². The molecule has 1 aliphatic heterocycles. The monoisotopic (exact) mass is 417 g/mol. The number of hydrogen-bond acceptors (Lipinski definition) is 6. The van der Waals surface area contributed by atoms with Crippen LogP contribution in [0.25, 0.3) is 16.7 Å². The third-order valence-corrected chi connectivity index (χ3v) is 5.90. The van der Waals surface area contributed by atoms with Crippen molar-refractivity contribution < 1.29 is 4.39 Å². The van der Waals surface area contributed by atoms with E-state index in [0.29, 0.717) is 11.6 Å². The molecule has 0 aliphatic carbocycles. The molecule has 0 bridgehead atoms. The number of halogens is 1. The van der Waals surface area contributed by atoms with Gasteiger partial charge in [0.05, 0.1) is 23.4 Å². The van der Waals surface area contributed by atoms with E-state index >= 15 is 0 Å². The Balaban J connectivity index is 1.40. The van der Waals surface area contributed by atoms with Crippen LogP contribution in [0, 0.1) is 18.7 Å². The molecule has 7 nitrogen and oxygen atoms in total. The van der Waals surface area contributed by atoms with Crippen LogP contribution in [0.4, 0.5) is 10.2 Å². The van der Waals surface area contributed by atoms with Crippen LogP contribution in [0.15, 0.2) is 60.9 Å². The number of hydrogen-bond donors (Lipinski definition) is 3. The second-order valence-electron chi connectivity index (χ2n) is 7.79. The molecule has 2 aromatic carbocycles. The first-order valence-electron chi connectivity index (χ1n) is 10.4. The van der Waals surface area contributed by atoms with Gasteiger partial charge in [0, 0.05) is 17.4 Å². The van der Waals surface area contributed by atoms with Crippen molar-refractivity contribution in [2.45, 2.75) is 32.5 Å². The Hall–Kier alpha value is -3.36. The van der Waals surface area contributed by atoms with Crippen molar-refractivity contribution in [1.82, 2.24) is 30.6 Å². The molecule has 1 saturated heterocycles. The Labute approximate surface area is 179 Å². The lowest BCUT2D eigenvalue weighted by Gasteiger charge is -2.23. The Kier molecular flexibility index (Phi) is 5.09. The summed E-state index contributed by atoms with van der Waals surface area (Å²) in [5.41, 5.74) is 9.68. The topological polar surface area (TPSA) is 79.7 Å². The summed E-state index contributed by atoms with van der Waals surface area (Å²) in [4.78, 5) is 8.85. The molecule has 5 rings (SSSR count). The van der Waals surface area contributed by atoms with Crippen molar-refractivity contribution in [2.75, 3.05) is 5.32 Å². The quantitative estimate of drug-likeness (QED) is 0.457. The number of para-hydroxylation sites is 1. The highest BCUT2D eigenvalue weighted by Crippen LogP contribution is 2.32. The lowest BCUT2D eigenvalue weighted by molar-refractivity contribution is 0.425. The van der Waals surface area contributed by atoms with Gasteiger partial charge in [0.25, 0.3) is 0 Å². The van der Waals surface area contributed by atoms with Gasteiger partial charge in [0.1, 0.15) is 18.0 Å². The normalized spacial score (nSPS) is 20.9. The van der Waals surface area contributed by atoms with Crippen molar-refractivity contribution >= 4 is 16.7 Å². The highest BCUT2D eigenvalue weighted by atomic mass is 19.1. The Morgan fingerprint density at radius 1 is 1.06 bits per heavy atom. The van der Waals surface area contributed by atoms with E-state index in [4.69, 9.17) is 0 Å². The molecule has 3 unspecified atom stereocenters. The van der Waals surface area contributed by atoms with Crippen molar-refractivity contribution in [3.63, 3.8) is 0 Å². The molecule has 3 heterocycles. The summed E-state index contributed by atoms with van der Waals surface area (Å²) in [5.74, 6) is 1.43. The molecule has 158 valence electrons. The SMILES string of the molecule is CCC1C(Nc2cc(-n3nc(C)c4ccccc43)ncn2)NNC1c1ccc(F)cc1. The van der Waals surface area contributed by atoms with Crippen LogP contribution >= 0.6 is 0 Å². The van der Waals surface area contributed by atoms with Gasteiger partial charge >= 0.3 is 0 Å². The van der Waals surface area contributed by atoms with Crippen LogP contribution in [-0.4, -0.2) is 25.9 Å². The molecule has 1 fully saturated rings. The van der Waals surface area contributed by atoms with Gasteiger partial charge in [-0.2, -0.15) is 5.10 Å². The number of aromatic nitrogens is 4. The van der Waals surface area contributed by atoms with Crippen LogP contribution in [0.1, 0.15) is 30.6 Å². The third-order valence-electron chi connectivity index (χ3n) is 5.90. The predicted octanol–water partition coefficient (Wildman–Crippen LogP) is 3.88. The Bertz CT molecular complexity index is 1200. The minimum absolute atomic E-state index is 0.0427. The number of rotatable bonds is 5. The summed E-state index contributed by atoms with van der Waals surface area (Å²) < 4.78 is 15.2. The maximum atomic E-state index is 13.3. The molecular weight excluding hydrogens is 393 g/mol. The van der Waals surface area contributed by atoms with Crippen LogP contribution in [0.2, 0.25) is 0 Å². The van der Waals surface area contributed by atoms with Crippen LogP contribution in [-0.2, 0) is 0 Å². The number of benzene rings is 2. The lowest BCUT2D eigenvalue weighted by atomic mass is 9.90. The lowest BCUT2D eigenvalue weighted by Crippen LogP contribution is -2.38. The highest BCUT2D eigenvalue weighted by molar-refractivity contribution is 5.83. The minimum Gasteiger partial charge on any atom is -0.353 e. The first-order chi connectivity index (χ1) is 15.1. The standard InChI is InChI=1S/C23H24FN7/c1-3-17-22(15-8-10-16(24)11-9-15)28-29-23(17)27-20-12-21(26-13-25-20)31-19-7-5-4-6-18(19)14(2)30-31/h4-13,17,22-23,28-29H,3H2,1-2H3,(H,25,26,27). The fourth-order valence-electron chi connectivity index (χ4n) is 4.30. The van der Waals surface area contributed by atoms with Crippen LogP contribution < -0.4 is 16.2 Å². The van der Waals surface area contributed by atoms with Gasteiger partial charge < -0.3 is 5.32 Å². The molecule has 3 atom stereocenters. The molecule has 2 aromatic heterocycles. The smallest absolute Gasteiger partial charge is 0.159 e. The van der Waals surface area contributed by atoms with Crippen molar-refractivity contribution in [2.24, 2.45) is 5.92 Å². The van der Waals surface area contributed by atoms with Crippen molar-refractivity contribution in [1.29, 1.82) is 0 Å². The molecule has 1 aliphatic rings. The van der Waals surface area contributed by atoms with Crippen LogP contribution in [0.5, 0.6) is 0 Å². The molecule has 3 N–H and O–H groups in total. The maximum absolute atomic E-state index is 13.3. The molecular formula is C23H24FN7. The van der Waals surface area contributed by atoms with Crippen LogP contribution in [0.3, 0.4) is 0 Å². The molecule has 0 spiro atoms. The minimum atomic E-state index is -0.229. The number of aryl methyl sites for hydroxylation is 1. The van der Waals surface area contributed by atoms with Gasteiger partial charge in [-0.15, -0.1) is 0 Å². The second-order valence-corrected chi connectivity index (χ2v) is 7.79. The third kappa shape index (κ3) is 3.64. The van der Waals surface area contributed by atoms with Gasteiger partial charge in [-0.1, -0.05) is 37.3 Å². The van der Waals surface area contributed by atoms with E-state index < -0.39 is 0 Å². The van der Waals surface area contributed by atoms with E-state index in [1.54, 1.807) is 6.33 Å². The summed E-state index contributed by atoms with van der Waals surface area (Å²) in [6.07, 6.45) is 2.43. The van der Waals surface area contributed by atoms with Gasteiger partial charge in [0.15, 0.2) is 5.82 Å². The van der Waals surface area contributed by atoms with Crippen molar-refractivity contribution in [3.05, 3.63) is 78.0 Å². The number of anilines is 1. The largest absolute Gasteiger partial charge is 0.353 e. The fourth-order valence-corrected chi connectivity index (χ4v) is 4.30. The predicted molar refractivity (Wildman–Crippen MR) is 118 cm³/mol. The Morgan fingerprint density at radius 3 is 2.68 bits per heavy atom. The molecule has 31 heavy (non-hydrogen) atoms. The zero-order valence-corrected chi connectivity index (χ0v) is 17.4. The first kappa shape index (κ1) is 19.6. The number of fused-ring (bicyclic) bond motifs is 1. The zero-order chi connectivity index (χ0) is 21.4. The average molecular weight is 417 g/mol. The molecule has 4 aromatic rings. The van der Waals surface area contributed by atoms with E-state index in [1.165, 1.54) is 12.1 Å². The average Bonchev–Trinajstić information content (AvgIpc) is 3.35. The summed E-state index contributed by atoms with van der Waals surface area (Å²) >= 11 is 0. The zero-order valence-electron chi connectivity index (χ0n) is 17.4. The Morgan fingerprint density at radius 2 is 1.87 bits per heavy atom. The van der Waals surface area contributed by atoms with E-state index in [0.717, 1.165) is 28.6 Å². The molecule has 0 saturated carbocycles. The molecule has 0 radical (unpaired) electrons. The van der Waals surface area contributed by atoms with Gasteiger partial charge in [-0.05, 0) is 37.1 Å². The summed E-state index contributed by atoms with van der Waals surface area (Å²) in [6.45, 7) is 4.14. The number of hydrazine groups is 1. The summed E-state index contributed by atoms with van der Waals surface area (Å²) in [7, 11) is 0. The van der Waals surface area contributed by atoms with Gasteiger partial charge in [-0.3, -0.25) is 0 Å². The van der Waals surface area contributed by atoms with Gasteiger partial charge in [0.2, 0.25) is 0 Å². The molecule has 0 amide bonds. The highest BCUT2D eigenvalue weighted by Gasteiger charge is 2.35. The number of nitrogens with one attached hydrogen (secondary N) is 3. The maximum Gasteiger partial charge on any atom is 0.159 e. The van der Waals surface area contributed by atoms with E-state index in [9.17, 15) is 4.39 Å². The second kappa shape index (κ2) is 8.05. The van der Waals surface area contributed by atoms with E-state index in [-0.39, 0.29) is 23.9 Å². The first-order valence-corrected chi connectivity index (χ1v) is 10.4. The van der Waals surface area contributed by atoms with Crippen molar-refractivity contribution in [3.8, 4) is 5.82 Å². The molecule has 8 heteroatoms. The van der Waals surface area contributed by atoms with E-state index in [1.807, 2.05) is 48.0 Å². The fraction of sp³-hybridized carbons (Fsp3) is 0.261. The van der Waals surface area contributed by atoms with Gasteiger partial charge in [-0.25, -0.2) is 29.9 Å².